The van der Waals surface area contributed by atoms with Gasteiger partial charge in [-0.15, -0.1) is 11.3 Å². The third kappa shape index (κ3) is 4.69. The zero-order valence-electron chi connectivity index (χ0n) is 27.3. The summed E-state index contributed by atoms with van der Waals surface area (Å²) in [6, 6.07) is 68.7. The third-order valence-electron chi connectivity index (χ3n) is 10.1. The fourth-order valence-electron chi connectivity index (χ4n) is 7.69. The summed E-state index contributed by atoms with van der Waals surface area (Å²) in [5.41, 5.74) is 8.31. The van der Waals surface area contributed by atoms with E-state index in [4.69, 9.17) is 0 Å². The summed E-state index contributed by atoms with van der Waals surface area (Å²) in [5, 5.41) is 10.2. The summed E-state index contributed by atoms with van der Waals surface area (Å²) in [6.45, 7) is 0. The normalized spacial score (nSPS) is 11.6. The lowest BCUT2D eigenvalue weighted by atomic mass is 9.97. The number of nitrogens with zero attached hydrogens (tertiary/aromatic N) is 1. The molecule has 0 atom stereocenters. The van der Waals surface area contributed by atoms with Gasteiger partial charge in [0.2, 0.25) is 0 Å². The van der Waals surface area contributed by atoms with Crippen molar-refractivity contribution in [2.24, 2.45) is 0 Å². The van der Waals surface area contributed by atoms with Crippen molar-refractivity contribution >= 4 is 80.9 Å². The van der Waals surface area contributed by atoms with E-state index in [1.807, 2.05) is 11.3 Å². The Morgan fingerprint density at radius 3 is 1.80 bits per heavy atom. The fourth-order valence-corrected chi connectivity index (χ4v) is 8.92. The predicted molar refractivity (Wildman–Crippen MR) is 217 cm³/mol. The third-order valence-corrected chi connectivity index (χ3v) is 11.3. The second kappa shape index (κ2) is 11.7. The number of anilines is 3. The molecule has 50 heavy (non-hydrogen) atoms. The van der Waals surface area contributed by atoms with Crippen LogP contribution in [0.5, 0.6) is 0 Å². The zero-order valence-corrected chi connectivity index (χ0v) is 28.1. The number of para-hydroxylation sites is 1. The first-order chi connectivity index (χ1) is 24.8. The molecule has 0 saturated carbocycles. The van der Waals surface area contributed by atoms with Gasteiger partial charge in [0.1, 0.15) is 0 Å². The second-order valence-electron chi connectivity index (χ2n) is 12.9. The molecule has 0 saturated heterocycles. The van der Waals surface area contributed by atoms with Crippen LogP contribution in [0.25, 0.3) is 74.7 Å². The molecule has 0 fully saturated rings. The van der Waals surface area contributed by atoms with E-state index in [9.17, 15) is 0 Å². The highest BCUT2D eigenvalue weighted by molar-refractivity contribution is 7.26. The molecular weight excluding hydrogens is 623 g/mol. The SMILES string of the molecule is c1ccc(N(c2ccc(-c3cccc4ccccc34)cc2)c2ccc3c(ccc4ccccc43)c2)c(-c2cccc3c2sc2ccccc23)c1. The van der Waals surface area contributed by atoms with Gasteiger partial charge in [0, 0.05) is 42.7 Å². The molecule has 234 valence electrons. The Labute approximate surface area is 294 Å². The average Bonchev–Trinajstić information content (AvgIpc) is 3.57. The lowest BCUT2D eigenvalue weighted by Gasteiger charge is -2.28. The van der Waals surface area contributed by atoms with Gasteiger partial charge in [-0.1, -0.05) is 152 Å². The zero-order chi connectivity index (χ0) is 33.0. The highest BCUT2D eigenvalue weighted by atomic mass is 32.1. The number of hydrogen-bond donors (Lipinski definition) is 0. The van der Waals surface area contributed by atoms with Crippen LogP contribution in [0.1, 0.15) is 0 Å². The Morgan fingerprint density at radius 1 is 0.340 bits per heavy atom. The first kappa shape index (κ1) is 28.8. The summed E-state index contributed by atoms with van der Waals surface area (Å²) in [6.07, 6.45) is 0. The number of benzene rings is 9. The highest BCUT2D eigenvalue weighted by Crippen LogP contribution is 2.46. The van der Waals surface area contributed by atoms with Crippen molar-refractivity contribution in [3.63, 3.8) is 0 Å². The lowest BCUT2D eigenvalue weighted by molar-refractivity contribution is 1.29. The maximum Gasteiger partial charge on any atom is 0.0540 e. The minimum Gasteiger partial charge on any atom is -0.310 e. The van der Waals surface area contributed by atoms with Crippen molar-refractivity contribution in [2.75, 3.05) is 4.90 Å². The van der Waals surface area contributed by atoms with E-state index >= 15 is 0 Å². The molecule has 1 aromatic heterocycles. The van der Waals surface area contributed by atoms with Crippen molar-refractivity contribution in [3.05, 3.63) is 188 Å². The monoisotopic (exact) mass is 653 g/mol. The van der Waals surface area contributed by atoms with Crippen LogP contribution in [-0.4, -0.2) is 0 Å². The van der Waals surface area contributed by atoms with Crippen LogP contribution in [0.3, 0.4) is 0 Å². The van der Waals surface area contributed by atoms with Gasteiger partial charge in [0.05, 0.1) is 5.69 Å². The van der Waals surface area contributed by atoms with Gasteiger partial charge in [-0.25, -0.2) is 0 Å². The van der Waals surface area contributed by atoms with Gasteiger partial charge in [-0.05, 0) is 79.8 Å². The van der Waals surface area contributed by atoms with Crippen molar-refractivity contribution in [2.45, 2.75) is 0 Å². The molecular formula is C48H31NS. The van der Waals surface area contributed by atoms with Gasteiger partial charge in [-0.3, -0.25) is 0 Å². The molecule has 0 unspecified atom stereocenters. The van der Waals surface area contributed by atoms with Crippen LogP contribution in [-0.2, 0) is 0 Å². The van der Waals surface area contributed by atoms with E-state index in [0.29, 0.717) is 0 Å². The maximum absolute atomic E-state index is 2.43. The summed E-state index contributed by atoms with van der Waals surface area (Å²) in [5.74, 6) is 0. The number of thiophene rings is 1. The quantitative estimate of drug-likeness (QED) is 0.167. The van der Waals surface area contributed by atoms with Gasteiger partial charge in [0.25, 0.3) is 0 Å². The molecule has 0 amide bonds. The molecule has 1 nitrogen and oxygen atoms in total. The molecule has 2 heteroatoms. The first-order valence-corrected chi connectivity index (χ1v) is 17.9. The largest absolute Gasteiger partial charge is 0.310 e. The van der Waals surface area contributed by atoms with E-state index in [1.165, 1.54) is 74.7 Å². The van der Waals surface area contributed by atoms with Crippen LogP contribution < -0.4 is 4.90 Å². The molecule has 0 aliphatic heterocycles. The molecule has 0 aliphatic carbocycles. The molecule has 10 rings (SSSR count). The molecule has 1 heterocycles. The molecule has 10 aromatic rings. The highest BCUT2D eigenvalue weighted by Gasteiger charge is 2.20. The molecule has 0 N–H and O–H groups in total. The van der Waals surface area contributed by atoms with Crippen molar-refractivity contribution in [1.29, 1.82) is 0 Å². The van der Waals surface area contributed by atoms with Crippen LogP contribution in [0, 0.1) is 0 Å². The predicted octanol–water partition coefficient (Wildman–Crippen LogP) is 14.3. The number of rotatable bonds is 5. The topological polar surface area (TPSA) is 3.24 Å². The summed E-state index contributed by atoms with van der Waals surface area (Å²) < 4.78 is 2.63. The lowest BCUT2D eigenvalue weighted by Crippen LogP contribution is -2.11. The second-order valence-corrected chi connectivity index (χ2v) is 14.0. The number of hydrogen-bond acceptors (Lipinski definition) is 2. The molecule has 0 aliphatic rings. The van der Waals surface area contributed by atoms with Crippen molar-refractivity contribution in [1.82, 2.24) is 0 Å². The Bertz CT molecular complexity index is 2870. The van der Waals surface area contributed by atoms with E-state index < -0.39 is 0 Å². The molecule has 9 aromatic carbocycles. The molecule has 0 radical (unpaired) electrons. The van der Waals surface area contributed by atoms with Gasteiger partial charge < -0.3 is 4.90 Å². The minimum atomic E-state index is 1.12. The van der Waals surface area contributed by atoms with Gasteiger partial charge >= 0.3 is 0 Å². The molecule has 0 spiro atoms. The van der Waals surface area contributed by atoms with Gasteiger partial charge in [0.15, 0.2) is 0 Å². The fraction of sp³-hybridized carbons (Fsp3) is 0. The van der Waals surface area contributed by atoms with Crippen LogP contribution in [0.4, 0.5) is 17.1 Å². The summed E-state index contributed by atoms with van der Waals surface area (Å²) in [7, 11) is 0. The van der Waals surface area contributed by atoms with Crippen LogP contribution >= 0.6 is 11.3 Å². The van der Waals surface area contributed by atoms with Crippen molar-refractivity contribution in [3.8, 4) is 22.3 Å². The first-order valence-electron chi connectivity index (χ1n) is 17.1. The van der Waals surface area contributed by atoms with Crippen LogP contribution in [0.2, 0.25) is 0 Å². The summed E-state index contributed by atoms with van der Waals surface area (Å²) in [4.78, 5) is 2.43. The minimum absolute atomic E-state index is 1.12. The number of fused-ring (bicyclic) bond motifs is 7. The molecule has 0 bridgehead atoms. The Morgan fingerprint density at radius 2 is 0.920 bits per heavy atom. The van der Waals surface area contributed by atoms with E-state index in [2.05, 4.69) is 193 Å². The summed E-state index contributed by atoms with van der Waals surface area (Å²) >= 11 is 1.88. The van der Waals surface area contributed by atoms with Crippen LogP contribution in [0.15, 0.2) is 188 Å². The Hall–Kier alpha value is -6.22. The standard InChI is InChI=1S/C48H31NS/c1-3-14-38-32(11-1)13-9-18-40(38)34-25-27-36(28-26-34)49(37-29-30-41-35(31-37)24-23-33-12-2-4-15-39(33)41)46-21-7-5-16-42(46)44-19-10-20-45-43-17-6-8-22-47(43)50-48(44)45/h1-31H. The maximum atomic E-state index is 2.43. The van der Waals surface area contributed by atoms with Crippen molar-refractivity contribution < 1.29 is 0 Å². The Kier molecular flexibility index (Phi) is 6.75. The van der Waals surface area contributed by atoms with E-state index in [0.717, 1.165) is 17.1 Å². The average molecular weight is 654 g/mol. The van der Waals surface area contributed by atoms with E-state index in [1.54, 1.807) is 0 Å². The Balaban J connectivity index is 1.18. The van der Waals surface area contributed by atoms with E-state index in [-0.39, 0.29) is 0 Å². The van der Waals surface area contributed by atoms with Gasteiger partial charge in [-0.2, -0.15) is 0 Å². The smallest absolute Gasteiger partial charge is 0.0540 e.